The van der Waals surface area contributed by atoms with Crippen molar-refractivity contribution < 1.29 is 19.1 Å². The Kier molecular flexibility index (Phi) is 5.14. The average Bonchev–Trinajstić information content (AvgIpc) is 2.52. The zero-order chi connectivity index (χ0) is 16.1. The number of nitrogens with zero attached hydrogens (tertiary/aromatic N) is 1. The molecule has 1 aromatic carbocycles. The fourth-order valence-electron chi connectivity index (χ4n) is 2.44. The molecule has 0 bridgehead atoms. The smallest absolute Gasteiger partial charge is 0.339 e. The summed E-state index contributed by atoms with van der Waals surface area (Å²) in [4.78, 5) is 37.5. The van der Waals surface area contributed by atoms with Gasteiger partial charge in [-0.1, -0.05) is 18.2 Å². The minimum absolute atomic E-state index is 0.0289. The van der Waals surface area contributed by atoms with Crippen LogP contribution < -0.4 is 5.32 Å². The van der Waals surface area contributed by atoms with Gasteiger partial charge in [0, 0.05) is 19.5 Å². The molecule has 0 fully saturated rings. The minimum Gasteiger partial charge on any atom is -0.448 e. The van der Waals surface area contributed by atoms with Gasteiger partial charge < -0.3 is 15.0 Å². The second-order valence-corrected chi connectivity index (χ2v) is 5.06. The van der Waals surface area contributed by atoms with Crippen molar-refractivity contribution >= 4 is 17.8 Å². The number of carbonyl (C=O) groups excluding carboxylic acids is 3. The molecule has 0 saturated heterocycles. The van der Waals surface area contributed by atoms with Crippen molar-refractivity contribution in [2.45, 2.75) is 26.4 Å². The number of hydrogen-bond donors (Lipinski definition) is 1. The molecule has 1 atom stereocenters. The number of carbonyl (C=O) groups is 3. The van der Waals surface area contributed by atoms with Gasteiger partial charge in [0.2, 0.25) is 5.91 Å². The lowest BCUT2D eigenvalue weighted by Gasteiger charge is -2.28. The lowest BCUT2D eigenvalue weighted by Crippen LogP contribution is -2.48. The molecule has 6 nitrogen and oxygen atoms in total. The summed E-state index contributed by atoms with van der Waals surface area (Å²) in [7, 11) is 0. The van der Waals surface area contributed by atoms with E-state index in [0.717, 1.165) is 5.56 Å². The highest BCUT2D eigenvalue weighted by molar-refractivity contribution is 5.96. The van der Waals surface area contributed by atoms with E-state index < -0.39 is 12.1 Å². The van der Waals surface area contributed by atoms with Crippen molar-refractivity contribution in [1.29, 1.82) is 0 Å². The number of amides is 2. The topological polar surface area (TPSA) is 75.7 Å². The van der Waals surface area contributed by atoms with E-state index >= 15 is 0 Å². The van der Waals surface area contributed by atoms with Gasteiger partial charge in [0.15, 0.2) is 6.10 Å². The molecule has 0 spiro atoms. The van der Waals surface area contributed by atoms with Crippen LogP contribution in [0.1, 0.15) is 29.8 Å². The summed E-state index contributed by atoms with van der Waals surface area (Å²) in [5, 5.41) is 2.65. The first-order valence-electron chi connectivity index (χ1n) is 7.41. The number of esters is 1. The molecule has 1 heterocycles. The van der Waals surface area contributed by atoms with Crippen LogP contribution in [0.4, 0.5) is 0 Å². The average molecular weight is 304 g/mol. The third-order valence-electron chi connectivity index (χ3n) is 3.57. The van der Waals surface area contributed by atoms with Gasteiger partial charge >= 0.3 is 5.97 Å². The number of likely N-dealkylation sites (N-methyl/N-ethyl adjacent to an activating group) is 2. The Balaban J connectivity index is 2.09. The quantitative estimate of drug-likeness (QED) is 0.815. The molecule has 2 amide bonds. The third kappa shape index (κ3) is 3.44. The predicted molar refractivity (Wildman–Crippen MR) is 80.3 cm³/mol. The summed E-state index contributed by atoms with van der Waals surface area (Å²) >= 11 is 0. The summed E-state index contributed by atoms with van der Waals surface area (Å²) < 4.78 is 5.24. The first-order valence-corrected chi connectivity index (χ1v) is 7.41. The molecule has 0 aromatic heterocycles. The van der Waals surface area contributed by atoms with Crippen LogP contribution >= 0.6 is 0 Å². The second-order valence-electron chi connectivity index (χ2n) is 5.06. The molecule has 0 saturated carbocycles. The van der Waals surface area contributed by atoms with Gasteiger partial charge in [-0.2, -0.15) is 0 Å². The summed E-state index contributed by atoms with van der Waals surface area (Å²) in [6, 6.07) is 7.09. The molecular weight excluding hydrogens is 284 g/mol. The molecule has 1 aromatic rings. The van der Waals surface area contributed by atoms with Gasteiger partial charge in [0.05, 0.1) is 12.1 Å². The Bertz CT molecular complexity index is 585. The highest BCUT2D eigenvalue weighted by Crippen LogP contribution is 2.21. The van der Waals surface area contributed by atoms with Crippen molar-refractivity contribution in [2.24, 2.45) is 0 Å². The Morgan fingerprint density at radius 1 is 1.32 bits per heavy atom. The Morgan fingerprint density at radius 2 is 2.05 bits per heavy atom. The third-order valence-corrected chi connectivity index (χ3v) is 3.57. The van der Waals surface area contributed by atoms with E-state index in [-0.39, 0.29) is 18.4 Å². The van der Waals surface area contributed by atoms with Crippen molar-refractivity contribution in [3.8, 4) is 0 Å². The fraction of sp³-hybridized carbons (Fsp3) is 0.438. The number of ether oxygens (including phenoxy) is 1. The van der Waals surface area contributed by atoms with Crippen LogP contribution in [0.15, 0.2) is 24.3 Å². The molecule has 6 heteroatoms. The van der Waals surface area contributed by atoms with Crippen molar-refractivity contribution in [2.75, 3.05) is 19.6 Å². The lowest BCUT2D eigenvalue weighted by molar-refractivity contribution is -0.143. The highest BCUT2D eigenvalue weighted by Gasteiger charge is 2.33. The van der Waals surface area contributed by atoms with Crippen LogP contribution in [0.2, 0.25) is 0 Å². The van der Waals surface area contributed by atoms with Gasteiger partial charge in [-0.05, 0) is 25.5 Å². The number of hydrogen-bond acceptors (Lipinski definition) is 4. The summed E-state index contributed by atoms with van der Waals surface area (Å²) in [5.74, 6) is -1.05. The Hall–Kier alpha value is -2.37. The molecular formula is C16H20N2O4. The van der Waals surface area contributed by atoms with E-state index in [1.54, 1.807) is 19.1 Å². The van der Waals surface area contributed by atoms with Crippen LogP contribution in [0, 0.1) is 0 Å². The zero-order valence-electron chi connectivity index (χ0n) is 12.8. The number of benzene rings is 1. The predicted octanol–water partition coefficient (Wildman–Crippen LogP) is 0.753. The molecule has 1 unspecified atom stereocenters. The van der Waals surface area contributed by atoms with Crippen LogP contribution in [0.5, 0.6) is 0 Å². The maximum Gasteiger partial charge on any atom is 0.339 e. The van der Waals surface area contributed by atoms with Crippen LogP contribution in [-0.2, 0) is 20.7 Å². The van der Waals surface area contributed by atoms with Crippen LogP contribution in [0.3, 0.4) is 0 Å². The van der Waals surface area contributed by atoms with Gasteiger partial charge in [-0.3, -0.25) is 9.59 Å². The molecule has 1 aliphatic heterocycles. The van der Waals surface area contributed by atoms with Gasteiger partial charge in [0.1, 0.15) is 0 Å². The SMILES string of the molecule is CCNC(=O)CN(CC)C(=O)C1Cc2ccccc2C(=O)O1. The Labute approximate surface area is 129 Å². The molecule has 118 valence electrons. The minimum atomic E-state index is -0.864. The molecule has 1 N–H and O–H groups in total. The molecule has 2 rings (SSSR count). The van der Waals surface area contributed by atoms with Gasteiger partial charge in [-0.15, -0.1) is 0 Å². The van der Waals surface area contributed by atoms with E-state index in [4.69, 9.17) is 4.74 Å². The van der Waals surface area contributed by atoms with Gasteiger partial charge in [0.25, 0.3) is 5.91 Å². The summed E-state index contributed by atoms with van der Waals surface area (Å²) in [6.07, 6.45) is -0.524. The van der Waals surface area contributed by atoms with E-state index in [2.05, 4.69) is 5.32 Å². The van der Waals surface area contributed by atoms with Crippen molar-refractivity contribution in [3.05, 3.63) is 35.4 Å². The van der Waals surface area contributed by atoms with E-state index in [0.29, 0.717) is 25.1 Å². The van der Waals surface area contributed by atoms with Gasteiger partial charge in [-0.25, -0.2) is 4.79 Å². The van der Waals surface area contributed by atoms with Crippen LogP contribution in [0.25, 0.3) is 0 Å². The van der Waals surface area contributed by atoms with Crippen molar-refractivity contribution in [1.82, 2.24) is 10.2 Å². The number of nitrogens with one attached hydrogen (secondary N) is 1. The van der Waals surface area contributed by atoms with Crippen LogP contribution in [-0.4, -0.2) is 48.4 Å². The standard InChI is InChI=1S/C16H20N2O4/c1-3-17-14(19)10-18(4-2)15(20)13-9-11-7-5-6-8-12(11)16(21)22-13/h5-8,13H,3-4,9-10H2,1-2H3,(H,17,19). The maximum atomic E-state index is 12.5. The second kappa shape index (κ2) is 7.06. The van der Waals surface area contributed by atoms with E-state index in [9.17, 15) is 14.4 Å². The first kappa shape index (κ1) is 16.0. The summed E-state index contributed by atoms with van der Waals surface area (Å²) in [5.41, 5.74) is 1.30. The van der Waals surface area contributed by atoms with Crippen molar-refractivity contribution in [3.63, 3.8) is 0 Å². The lowest BCUT2D eigenvalue weighted by atomic mass is 9.98. The largest absolute Gasteiger partial charge is 0.448 e. The molecule has 22 heavy (non-hydrogen) atoms. The first-order chi connectivity index (χ1) is 10.6. The Morgan fingerprint density at radius 3 is 2.73 bits per heavy atom. The fourth-order valence-corrected chi connectivity index (χ4v) is 2.44. The normalized spacial score (nSPS) is 16.5. The monoisotopic (exact) mass is 304 g/mol. The zero-order valence-corrected chi connectivity index (χ0v) is 12.8. The highest BCUT2D eigenvalue weighted by atomic mass is 16.5. The maximum absolute atomic E-state index is 12.5. The number of fused-ring (bicyclic) bond motifs is 1. The molecule has 1 aliphatic rings. The summed E-state index contributed by atoms with van der Waals surface area (Å²) in [6.45, 7) is 4.46. The number of rotatable bonds is 5. The van der Waals surface area contributed by atoms with E-state index in [1.807, 2.05) is 19.1 Å². The van der Waals surface area contributed by atoms with E-state index in [1.165, 1.54) is 4.90 Å². The molecule has 0 radical (unpaired) electrons. The molecule has 0 aliphatic carbocycles. The number of cyclic esters (lactones) is 1.